The molecule has 3 rings (SSSR count). The third kappa shape index (κ3) is 5.63. The Hall–Kier alpha value is -1.76. The maximum atomic E-state index is 11.0. The van der Waals surface area contributed by atoms with Crippen LogP contribution in [0.15, 0.2) is 29.6 Å². The predicted molar refractivity (Wildman–Crippen MR) is 103 cm³/mol. The molecule has 1 aromatic carbocycles. The number of nitrogens with two attached hydrogens (primary N) is 1. The number of nitrogens with zero attached hydrogens (tertiary/aromatic N) is 2. The van der Waals surface area contributed by atoms with Crippen LogP contribution in [0.5, 0.6) is 0 Å². The van der Waals surface area contributed by atoms with Gasteiger partial charge in [0.05, 0.1) is 5.69 Å². The van der Waals surface area contributed by atoms with Crippen molar-refractivity contribution in [1.29, 1.82) is 0 Å². The number of carbonyl (C=O) groups excluding carboxylic acids is 1. The van der Waals surface area contributed by atoms with Gasteiger partial charge in [0.1, 0.15) is 0 Å². The molecule has 1 aromatic heterocycles. The average Bonchev–Trinajstić information content (AvgIpc) is 3.20. The first-order chi connectivity index (χ1) is 12.1. The maximum absolute atomic E-state index is 11.0. The zero-order valence-corrected chi connectivity index (χ0v) is 15.5. The van der Waals surface area contributed by atoms with Crippen LogP contribution in [0, 0.1) is 0 Å². The molecular weight excluding hydrogens is 332 g/mol. The van der Waals surface area contributed by atoms with Crippen LogP contribution in [0.2, 0.25) is 0 Å². The van der Waals surface area contributed by atoms with Crippen molar-refractivity contribution in [2.24, 2.45) is 5.73 Å². The zero-order chi connectivity index (χ0) is 17.6. The molecule has 2 aromatic rings. The summed E-state index contributed by atoms with van der Waals surface area (Å²) in [6.07, 6.45) is 4.06. The summed E-state index contributed by atoms with van der Waals surface area (Å²) < 4.78 is 0. The van der Waals surface area contributed by atoms with Crippen LogP contribution in [0.1, 0.15) is 30.2 Å². The molecule has 1 unspecified atom stereocenters. The second-order valence-corrected chi connectivity index (χ2v) is 7.60. The van der Waals surface area contributed by atoms with Gasteiger partial charge in [0.15, 0.2) is 5.13 Å². The van der Waals surface area contributed by atoms with E-state index in [0.29, 0.717) is 11.2 Å². The molecule has 1 aliphatic heterocycles. The second kappa shape index (κ2) is 8.56. The van der Waals surface area contributed by atoms with Gasteiger partial charge in [-0.05, 0) is 43.4 Å². The van der Waals surface area contributed by atoms with E-state index >= 15 is 0 Å². The van der Waals surface area contributed by atoms with E-state index in [1.807, 2.05) is 5.38 Å². The van der Waals surface area contributed by atoms with Crippen molar-refractivity contribution in [3.05, 3.63) is 46.5 Å². The third-order valence-electron chi connectivity index (χ3n) is 4.55. The number of carbonyl (C=O) groups is 1. The topological polar surface area (TPSA) is 71.2 Å². The molecule has 3 N–H and O–H groups in total. The molecule has 0 aliphatic carbocycles. The Bertz CT molecular complexity index is 698. The Labute approximate surface area is 153 Å². The number of amides is 1. The zero-order valence-electron chi connectivity index (χ0n) is 14.7. The van der Waals surface area contributed by atoms with Gasteiger partial charge in [-0.1, -0.05) is 24.3 Å². The molecule has 0 bridgehead atoms. The highest BCUT2D eigenvalue weighted by atomic mass is 32.1. The van der Waals surface area contributed by atoms with E-state index in [2.05, 4.69) is 39.5 Å². The summed E-state index contributed by atoms with van der Waals surface area (Å²) in [5.74, 6) is -0.0765. The lowest BCUT2D eigenvalue weighted by Crippen LogP contribution is -2.28. The molecular formula is C19H26N4OS. The van der Waals surface area contributed by atoms with E-state index in [0.717, 1.165) is 51.0 Å². The fourth-order valence-corrected chi connectivity index (χ4v) is 3.92. The molecule has 134 valence electrons. The average molecular weight is 359 g/mol. The number of aryl methyl sites for hydroxylation is 2. The fraction of sp³-hybridized carbons (Fsp3) is 0.474. The number of hydrogen-bond donors (Lipinski definition) is 2. The summed E-state index contributed by atoms with van der Waals surface area (Å²) in [6, 6.07) is 9.25. The van der Waals surface area contributed by atoms with Crippen molar-refractivity contribution in [3.63, 3.8) is 0 Å². The molecule has 0 saturated carbocycles. The number of aromatic nitrogens is 1. The molecule has 0 radical (unpaired) electrons. The van der Waals surface area contributed by atoms with Crippen molar-refractivity contribution in [1.82, 2.24) is 9.88 Å². The van der Waals surface area contributed by atoms with Gasteiger partial charge in [-0.25, -0.2) is 4.98 Å². The van der Waals surface area contributed by atoms with Gasteiger partial charge in [-0.3, -0.25) is 4.79 Å². The Morgan fingerprint density at radius 2 is 2.00 bits per heavy atom. The Morgan fingerprint density at radius 1 is 1.28 bits per heavy atom. The number of anilines is 1. The van der Waals surface area contributed by atoms with Gasteiger partial charge < -0.3 is 16.0 Å². The van der Waals surface area contributed by atoms with Crippen molar-refractivity contribution in [3.8, 4) is 0 Å². The Morgan fingerprint density at radius 3 is 2.64 bits per heavy atom. The van der Waals surface area contributed by atoms with E-state index in [9.17, 15) is 4.79 Å². The Kier molecular flexibility index (Phi) is 6.18. The van der Waals surface area contributed by atoms with Gasteiger partial charge in [0.25, 0.3) is 0 Å². The molecule has 0 spiro atoms. The number of likely N-dealkylation sites (tertiary alicyclic amines) is 1. The molecule has 1 saturated heterocycles. The highest BCUT2D eigenvalue weighted by Gasteiger charge is 2.18. The SMILES string of the molecule is CC(=O)Nc1nc(CCc2ccc(CCN3CCC(N)C3)cc2)cs1. The molecule has 1 amide bonds. The van der Waals surface area contributed by atoms with E-state index < -0.39 is 0 Å². The summed E-state index contributed by atoms with van der Waals surface area (Å²) in [7, 11) is 0. The number of benzene rings is 1. The van der Waals surface area contributed by atoms with Gasteiger partial charge >= 0.3 is 0 Å². The first kappa shape index (κ1) is 18.0. The third-order valence-corrected chi connectivity index (χ3v) is 5.36. The van der Waals surface area contributed by atoms with E-state index in [1.54, 1.807) is 0 Å². The minimum Gasteiger partial charge on any atom is -0.326 e. The van der Waals surface area contributed by atoms with Gasteiger partial charge in [-0.15, -0.1) is 11.3 Å². The highest BCUT2D eigenvalue weighted by Crippen LogP contribution is 2.17. The lowest BCUT2D eigenvalue weighted by atomic mass is 10.0. The molecule has 2 heterocycles. The molecule has 1 fully saturated rings. The summed E-state index contributed by atoms with van der Waals surface area (Å²) >= 11 is 1.48. The number of nitrogens with one attached hydrogen (secondary N) is 1. The van der Waals surface area contributed by atoms with Crippen LogP contribution < -0.4 is 11.1 Å². The van der Waals surface area contributed by atoms with E-state index in [4.69, 9.17) is 5.73 Å². The van der Waals surface area contributed by atoms with Crippen molar-refractivity contribution < 1.29 is 4.79 Å². The van der Waals surface area contributed by atoms with Gasteiger partial charge in [-0.2, -0.15) is 0 Å². The van der Waals surface area contributed by atoms with Crippen LogP contribution in [-0.2, 0) is 24.1 Å². The Balaban J connectivity index is 1.44. The summed E-state index contributed by atoms with van der Waals surface area (Å²) in [6.45, 7) is 4.76. The first-order valence-corrected chi connectivity index (χ1v) is 9.74. The van der Waals surface area contributed by atoms with Crippen LogP contribution in [0.25, 0.3) is 0 Å². The smallest absolute Gasteiger partial charge is 0.223 e. The summed E-state index contributed by atoms with van der Waals surface area (Å²) in [5.41, 5.74) is 9.69. The van der Waals surface area contributed by atoms with Crippen LogP contribution in [0.3, 0.4) is 0 Å². The van der Waals surface area contributed by atoms with E-state index in [-0.39, 0.29) is 5.91 Å². The van der Waals surface area contributed by atoms with Crippen LogP contribution in [-0.4, -0.2) is 41.5 Å². The van der Waals surface area contributed by atoms with Crippen molar-refractivity contribution in [2.45, 2.75) is 38.6 Å². The largest absolute Gasteiger partial charge is 0.326 e. The first-order valence-electron chi connectivity index (χ1n) is 8.86. The quantitative estimate of drug-likeness (QED) is 0.798. The summed E-state index contributed by atoms with van der Waals surface area (Å²) in [4.78, 5) is 17.9. The monoisotopic (exact) mass is 358 g/mol. The lowest BCUT2D eigenvalue weighted by Gasteiger charge is -2.14. The highest BCUT2D eigenvalue weighted by molar-refractivity contribution is 7.13. The lowest BCUT2D eigenvalue weighted by molar-refractivity contribution is -0.114. The normalized spacial score (nSPS) is 17.8. The van der Waals surface area contributed by atoms with Crippen LogP contribution in [0.4, 0.5) is 5.13 Å². The number of thiazole rings is 1. The standard InChI is InChI=1S/C19H26N4OS/c1-14(24)21-19-22-18(13-25-19)7-6-15-2-4-16(5-3-15)8-10-23-11-9-17(20)12-23/h2-5,13,17H,6-12,20H2,1H3,(H,21,22,24). The number of hydrogen-bond acceptors (Lipinski definition) is 5. The van der Waals surface area contributed by atoms with Crippen LogP contribution >= 0.6 is 11.3 Å². The maximum Gasteiger partial charge on any atom is 0.223 e. The molecule has 5 nitrogen and oxygen atoms in total. The molecule has 1 atom stereocenters. The van der Waals surface area contributed by atoms with Crippen molar-refractivity contribution in [2.75, 3.05) is 25.0 Å². The van der Waals surface area contributed by atoms with Crippen molar-refractivity contribution >= 4 is 22.4 Å². The minimum absolute atomic E-state index is 0.0765. The fourth-order valence-electron chi connectivity index (χ4n) is 3.13. The van der Waals surface area contributed by atoms with Gasteiger partial charge in [0.2, 0.25) is 5.91 Å². The summed E-state index contributed by atoms with van der Waals surface area (Å²) in [5, 5.41) is 5.42. The number of rotatable bonds is 7. The minimum atomic E-state index is -0.0765. The second-order valence-electron chi connectivity index (χ2n) is 6.74. The van der Waals surface area contributed by atoms with E-state index in [1.165, 1.54) is 29.4 Å². The molecule has 25 heavy (non-hydrogen) atoms. The molecule has 6 heteroatoms. The molecule has 1 aliphatic rings. The van der Waals surface area contributed by atoms with Gasteiger partial charge in [0, 0.05) is 31.4 Å². The predicted octanol–water partition coefficient (Wildman–Crippen LogP) is 2.46.